The molecule has 3 rings (SSSR count). The summed E-state index contributed by atoms with van der Waals surface area (Å²) in [5.74, 6) is 0.613. The van der Waals surface area contributed by atoms with E-state index in [1.165, 1.54) is 30.2 Å². The van der Waals surface area contributed by atoms with Crippen LogP contribution in [0.1, 0.15) is 6.92 Å². The Morgan fingerprint density at radius 3 is 2.74 bits per heavy atom. The summed E-state index contributed by atoms with van der Waals surface area (Å²) in [5.41, 5.74) is 0.171. The van der Waals surface area contributed by atoms with Gasteiger partial charge in [-0.25, -0.2) is 0 Å². The second kappa shape index (κ2) is 8.21. The zero-order valence-electron chi connectivity index (χ0n) is 14.4. The number of rotatable bonds is 7. The molecule has 0 bridgehead atoms. The highest BCUT2D eigenvalue weighted by Gasteiger charge is 2.21. The molecule has 27 heavy (non-hydrogen) atoms. The monoisotopic (exact) mass is 394 g/mol. The van der Waals surface area contributed by atoms with E-state index < -0.39 is 11.9 Å². The SMILES string of the molecule is C[C@@H](Sc1nnc(-c2ccco2)n1C)C(=O)Nc1ccccc1OC(F)F. The van der Waals surface area contributed by atoms with Gasteiger partial charge in [0.25, 0.3) is 0 Å². The van der Waals surface area contributed by atoms with Crippen LogP contribution in [0.3, 0.4) is 0 Å². The normalized spacial score (nSPS) is 12.2. The number of nitrogens with zero attached hydrogens (tertiary/aromatic N) is 3. The summed E-state index contributed by atoms with van der Waals surface area (Å²) in [6.07, 6.45) is 1.53. The Morgan fingerprint density at radius 1 is 1.26 bits per heavy atom. The predicted octanol–water partition coefficient (Wildman–Crippen LogP) is 3.80. The van der Waals surface area contributed by atoms with Gasteiger partial charge in [0, 0.05) is 7.05 Å². The Labute approximate surface area is 157 Å². The molecule has 1 atom stereocenters. The Kier molecular flexibility index (Phi) is 5.75. The molecular weight excluding hydrogens is 378 g/mol. The van der Waals surface area contributed by atoms with E-state index in [0.717, 1.165) is 0 Å². The first-order chi connectivity index (χ1) is 13.0. The maximum Gasteiger partial charge on any atom is 0.387 e. The van der Waals surface area contributed by atoms with Crippen LogP contribution in [0.15, 0.2) is 52.2 Å². The van der Waals surface area contributed by atoms with Crippen molar-refractivity contribution in [3.8, 4) is 17.3 Å². The summed E-state index contributed by atoms with van der Waals surface area (Å²) in [4.78, 5) is 12.5. The van der Waals surface area contributed by atoms with Crippen LogP contribution in [0.2, 0.25) is 0 Å². The highest BCUT2D eigenvalue weighted by atomic mass is 32.2. The molecule has 142 valence electrons. The van der Waals surface area contributed by atoms with Crippen LogP contribution in [0.25, 0.3) is 11.6 Å². The van der Waals surface area contributed by atoms with Gasteiger partial charge in [0.15, 0.2) is 16.7 Å². The molecule has 0 saturated carbocycles. The van der Waals surface area contributed by atoms with Gasteiger partial charge in [-0.3, -0.25) is 4.79 Å². The number of benzene rings is 1. The molecule has 2 aromatic heterocycles. The van der Waals surface area contributed by atoms with E-state index in [1.54, 1.807) is 42.8 Å². The van der Waals surface area contributed by atoms with Crippen LogP contribution in [0.5, 0.6) is 5.75 Å². The molecule has 0 spiro atoms. The number of nitrogens with one attached hydrogen (secondary N) is 1. The lowest BCUT2D eigenvalue weighted by Crippen LogP contribution is -2.23. The highest BCUT2D eigenvalue weighted by molar-refractivity contribution is 8.00. The Balaban J connectivity index is 1.69. The standard InChI is InChI=1S/C17H16F2N4O3S/c1-10(15(24)20-11-6-3-4-7-12(11)26-16(18)19)27-17-22-21-14(23(17)2)13-8-5-9-25-13/h3-10,16H,1-2H3,(H,20,24)/t10-/m1/s1. The first-order valence-electron chi connectivity index (χ1n) is 7.90. The van der Waals surface area contributed by atoms with E-state index >= 15 is 0 Å². The average Bonchev–Trinajstić information content (AvgIpc) is 3.26. The Morgan fingerprint density at radius 2 is 2.04 bits per heavy atom. The highest BCUT2D eigenvalue weighted by Crippen LogP contribution is 2.29. The number of aromatic nitrogens is 3. The van der Waals surface area contributed by atoms with Crippen molar-refractivity contribution >= 4 is 23.4 Å². The van der Waals surface area contributed by atoms with Gasteiger partial charge in [0.1, 0.15) is 5.75 Å². The molecule has 0 saturated heterocycles. The second-order valence-electron chi connectivity index (χ2n) is 5.47. The molecule has 0 unspecified atom stereocenters. The maximum absolute atomic E-state index is 12.5. The van der Waals surface area contributed by atoms with Gasteiger partial charge >= 0.3 is 6.61 Å². The number of hydrogen-bond acceptors (Lipinski definition) is 6. The van der Waals surface area contributed by atoms with Crippen LogP contribution in [-0.4, -0.2) is 32.5 Å². The van der Waals surface area contributed by atoms with Gasteiger partial charge in [-0.05, 0) is 31.2 Å². The van der Waals surface area contributed by atoms with Crippen molar-refractivity contribution in [1.29, 1.82) is 0 Å². The third-order valence-corrected chi connectivity index (χ3v) is 4.72. The third-order valence-electron chi connectivity index (χ3n) is 3.59. The summed E-state index contributed by atoms with van der Waals surface area (Å²) in [6, 6.07) is 9.51. The molecule has 0 radical (unpaired) electrons. The van der Waals surface area contributed by atoms with Crippen molar-refractivity contribution < 1.29 is 22.7 Å². The summed E-state index contributed by atoms with van der Waals surface area (Å²) >= 11 is 1.18. The minimum absolute atomic E-state index is 0.100. The number of halogens is 2. The first-order valence-corrected chi connectivity index (χ1v) is 8.78. The number of anilines is 1. The number of hydrogen-bond donors (Lipinski definition) is 1. The predicted molar refractivity (Wildman–Crippen MR) is 95.7 cm³/mol. The Bertz CT molecular complexity index is 915. The summed E-state index contributed by atoms with van der Waals surface area (Å²) in [7, 11) is 1.76. The van der Waals surface area contributed by atoms with Gasteiger partial charge in [-0.1, -0.05) is 23.9 Å². The zero-order valence-corrected chi connectivity index (χ0v) is 15.2. The van der Waals surface area contributed by atoms with Crippen molar-refractivity contribution in [2.24, 2.45) is 7.05 Å². The van der Waals surface area contributed by atoms with Crippen LogP contribution in [0, 0.1) is 0 Å². The van der Waals surface area contributed by atoms with Gasteiger partial charge in [0.2, 0.25) is 5.91 Å². The van der Waals surface area contributed by atoms with E-state index in [1.807, 2.05) is 0 Å². The quantitative estimate of drug-likeness (QED) is 0.614. The Hall–Kier alpha value is -2.88. The van der Waals surface area contributed by atoms with E-state index in [0.29, 0.717) is 16.7 Å². The fourth-order valence-electron chi connectivity index (χ4n) is 2.25. The van der Waals surface area contributed by atoms with Crippen molar-refractivity contribution in [2.75, 3.05) is 5.32 Å². The number of para-hydroxylation sites is 2. The van der Waals surface area contributed by atoms with Crippen LogP contribution < -0.4 is 10.1 Å². The molecule has 0 aliphatic carbocycles. The fourth-order valence-corrected chi connectivity index (χ4v) is 3.07. The van der Waals surface area contributed by atoms with Crippen LogP contribution >= 0.6 is 11.8 Å². The van der Waals surface area contributed by atoms with Crippen molar-refractivity contribution in [2.45, 2.75) is 23.9 Å². The van der Waals surface area contributed by atoms with E-state index in [-0.39, 0.29) is 17.3 Å². The van der Waals surface area contributed by atoms with Crippen molar-refractivity contribution in [3.05, 3.63) is 42.7 Å². The van der Waals surface area contributed by atoms with Gasteiger partial charge < -0.3 is 19.0 Å². The molecule has 1 aromatic carbocycles. The number of alkyl halides is 2. The number of furan rings is 1. The van der Waals surface area contributed by atoms with Gasteiger partial charge in [0.05, 0.1) is 17.2 Å². The van der Waals surface area contributed by atoms with Gasteiger partial charge in [-0.2, -0.15) is 8.78 Å². The lowest BCUT2D eigenvalue weighted by Gasteiger charge is -2.14. The van der Waals surface area contributed by atoms with E-state index in [4.69, 9.17) is 4.42 Å². The smallest absolute Gasteiger partial charge is 0.387 e. The number of carbonyl (C=O) groups is 1. The van der Waals surface area contributed by atoms with Crippen LogP contribution in [-0.2, 0) is 11.8 Å². The summed E-state index contributed by atoms with van der Waals surface area (Å²) < 4.78 is 36.4. The first kappa shape index (κ1) is 18.9. The average molecular weight is 394 g/mol. The molecule has 2 heterocycles. The number of ether oxygens (including phenoxy) is 1. The number of thioether (sulfide) groups is 1. The van der Waals surface area contributed by atoms with Gasteiger partial charge in [-0.15, -0.1) is 10.2 Å². The van der Waals surface area contributed by atoms with E-state index in [9.17, 15) is 13.6 Å². The second-order valence-corrected chi connectivity index (χ2v) is 6.77. The zero-order chi connectivity index (χ0) is 19.4. The fraction of sp³-hybridized carbons (Fsp3) is 0.235. The molecule has 1 amide bonds. The molecule has 7 nitrogen and oxygen atoms in total. The molecule has 1 N–H and O–H groups in total. The number of carbonyl (C=O) groups excluding carboxylic acids is 1. The third kappa shape index (κ3) is 4.45. The molecule has 0 aliphatic heterocycles. The van der Waals surface area contributed by atoms with Crippen LogP contribution in [0.4, 0.5) is 14.5 Å². The minimum Gasteiger partial charge on any atom is -0.461 e. The molecular formula is C17H16F2N4O3S. The summed E-state index contributed by atoms with van der Waals surface area (Å²) in [5, 5.41) is 10.7. The molecule has 0 aliphatic rings. The lowest BCUT2D eigenvalue weighted by molar-refractivity contribution is -0.115. The maximum atomic E-state index is 12.5. The number of amides is 1. The largest absolute Gasteiger partial charge is 0.461 e. The topological polar surface area (TPSA) is 82.2 Å². The van der Waals surface area contributed by atoms with E-state index in [2.05, 4.69) is 20.3 Å². The molecule has 10 heteroatoms. The molecule has 3 aromatic rings. The lowest BCUT2D eigenvalue weighted by atomic mass is 10.3. The van der Waals surface area contributed by atoms with Crippen molar-refractivity contribution in [3.63, 3.8) is 0 Å². The minimum atomic E-state index is -2.98. The summed E-state index contributed by atoms with van der Waals surface area (Å²) in [6.45, 7) is -1.30. The van der Waals surface area contributed by atoms with Crippen molar-refractivity contribution in [1.82, 2.24) is 14.8 Å². The molecule has 0 fully saturated rings.